The number of pyridine rings is 1. The van der Waals surface area contributed by atoms with Crippen molar-refractivity contribution in [1.82, 2.24) is 4.98 Å². The van der Waals surface area contributed by atoms with Gasteiger partial charge in [-0.1, -0.05) is 0 Å². The first-order valence-electron chi connectivity index (χ1n) is 4.20. The number of ether oxygens (including phenoxy) is 2. The molecule has 0 aliphatic rings. The van der Waals surface area contributed by atoms with Crippen molar-refractivity contribution in [2.75, 3.05) is 7.11 Å². The Morgan fingerprint density at radius 1 is 1.47 bits per heavy atom. The van der Waals surface area contributed by atoms with E-state index >= 15 is 0 Å². The molecule has 0 spiro atoms. The van der Waals surface area contributed by atoms with Crippen LogP contribution >= 0.6 is 0 Å². The first-order chi connectivity index (χ1) is 7.76. The average molecular weight is 252 g/mol. The second kappa shape index (κ2) is 4.44. The highest BCUT2D eigenvalue weighted by molar-refractivity contribution is 5.58. The summed E-state index contributed by atoms with van der Waals surface area (Å²) in [6, 6.07) is 0. The van der Waals surface area contributed by atoms with Gasteiger partial charge in [-0.25, -0.2) is 0 Å². The van der Waals surface area contributed by atoms with Crippen LogP contribution in [-0.2, 0) is 0 Å². The lowest BCUT2D eigenvalue weighted by Gasteiger charge is -2.12. The Kier molecular flexibility index (Phi) is 3.39. The minimum absolute atomic E-state index is 0.255. The number of rotatable bonds is 3. The van der Waals surface area contributed by atoms with Gasteiger partial charge in [0.25, 0.3) is 0 Å². The zero-order chi connectivity index (χ0) is 13.2. The molecule has 17 heavy (non-hydrogen) atoms. The zero-order valence-corrected chi connectivity index (χ0v) is 8.74. The monoisotopic (exact) mass is 252 g/mol. The minimum Gasteiger partial charge on any atom is -0.489 e. The number of halogens is 3. The maximum atomic E-state index is 12.1. The quantitative estimate of drug-likeness (QED) is 0.609. The molecule has 94 valence electrons. The minimum atomic E-state index is -5.04. The van der Waals surface area contributed by atoms with Gasteiger partial charge in [-0.15, -0.1) is 13.2 Å². The number of aryl methyl sites for hydroxylation is 1. The van der Waals surface area contributed by atoms with Gasteiger partial charge in [-0.05, 0) is 6.92 Å². The molecule has 1 aromatic heterocycles. The summed E-state index contributed by atoms with van der Waals surface area (Å²) in [4.78, 5) is 13.2. The Labute approximate surface area is 93.1 Å². The van der Waals surface area contributed by atoms with E-state index < -0.39 is 28.5 Å². The van der Waals surface area contributed by atoms with E-state index in [0.29, 0.717) is 0 Å². The van der Waals surface area contributed by atoms with Crippen molar-refractivity contribution in [3.63, 3.8) is 0 Å². The van der Waals surface area contributed by atoms with E-state index in [-0.39, 0.29) is 5.69 Å². The van der Waals surface area contributed by atoms with Crippen LogP contribution in [0.4, 0.5) is 18.9 Å². The highest BCUT2D eigenvalue weighted by Gasteiger charge is 2.37. The summed E-state index contributed by atoms with van der Waals surface area (Å²) < 4.78 is 44.4. The van der Waals surface area contributed by atoms with E-state index in [9.17, 15) is 23.3 Å². The zero-order valence-electron chi connectivity index (χ0n) is 8.74. The molecule has 0 saturated heterocycles. The molecular weight excluding hydrogens is 245 g/mol. The van der Waals surface area contributed by atoms with Gasteiger partial charge >= 0.3 is 12.0 Å². The number of hydrogen-bond donors (Lipinski definition) is 0. The lowest BCUT2D eigenvalue weighted by molar-refractivity contribution is -0.389. The summed E-state index contributed by atoms with van der Waals surface area (Å²) in [5, 5.41) is 10.7. The number of alkyl halides is 3. The Balaban J connectivity index is 3.39. The van der Waals surface area contributed by atoms with Crippen LogP contribution in [0.25, 0.3) is 0 Å². The smallest absolute Gasteiger partial charge is 0.489 e. The molecule has 1 heterocycles. The highest BCUT2D eigenvalue weighted by Crippen LogP contribution is 2.40. The predicted molar refractivity (Wildman–Crippen MR) is 48.9 cm³/mol. The maximum Gasteiger partial charge on any atom is 0.573 e. The largest absolute Gasteiger partial charge is 0.573 e. The summed E-state index contributed by atoms with van der Waals surface area (Å²) in [6.07, 6.45) is -4.08. The molecule has 6 nitrogen and oxygen atoms in total. The van der Waals surface area contributed by atoms with Crippen LogP contribution in [0.5, 0.6) is 11.5 Å². The van der Waals surface area contributed by atoms with Gasteiger partial charge in [0.1, 0.15) is 0 Å². The summed E-state index contributed by atoms with van der Waals surface area (Å²) in [6.45, 7) is 1.16. The van der Waals surface area contributed by atoms with Crippen LogP contribution in [0.3, 0.4) is 0 Å². The van der Waals surface area contributed by atoms with E-state index in [4.69, 9.17) is 0 Å². The average Bonchev–Trinajstić information content (AvgIpc) is 2.18. The van der Waals surface area contributed by atoms with Crippen LogP contribution < -0.4 is 9.47 Å². The summed E-state index contributed by atoms with van der Waals surface area (Å²) in [5.41, 5.74) is -1.16. The van der Waals surface area contributed by atoms with Crippen molar-refractivity contribution in [1.29, 1.82) is 0 Å². The van der Waals surface area contributed by atoms with E-state index in [2.05, 4.69) is 14.5 Å². The second-order valence-corrected chi connectivity index (χ2v) is 2.89. The van der Waals surface area contributed by atoms with Crippen LogP contribution in [-0.4, -0.2) is 23.4 Å². The first kappa shape index (κ1) is 13.0. The molecule has 0 saturated carbocycles. The van der Waals surface area contributed by atoms with E-state index in [1.165, 1.54) is 0 Å². The molecule has 0 bridgehead atoms. The number of hydrogen-bond acceptors (Lipinski definition) is 5. The van der Waals surface area contributed by atoms with Crippen LogP contribution in [0.15, 0.2) is 6.20 Å². The summed E-state index contributed by atoms with van der Waals surface area (Å²) >= 11 is 0. The molecule has 0 aliphatic heterocycles. The predicted octanol–water partition coefficient (Wildman–Crippen LogP) is 2.21. The molecule has 0 aliphatic carbocycles. The van der Waals surface area contributed by atoms with Gasteiger partial charge in [0.2, 0.25) is 11.5 Å². The Morgan fingerprint density at radius 2 is 2.06 bits per heavy atom. The number of aromatic nitrogens is 1. The van der Waals surface area contributed by atoms with Crippen molar-refractivity contribution >= 4 is 5.69 Å². The number of nitro groups is 1. The Hall–Kier alpha value is -2.06. The van der Waals surface area contributed by atoms with Gasteiger partial charge in [-0.2, -0.15) is 0 Å². The van der Waals surface area contributed by atoms with E-state index in [0.717, 1.165) is 20.2 Å². The van der Waals surface area contributed by atoms with Gasteiger partial charge in [0.15, 0.2) is 0 Å². The molecule has 0 amide bonds. The van der Waals surface area contributed by atoms with Gasteiger partial charge in [-0.3, -0.25) is 15.1 Å². The molecular formula is C8H7F3N2O4. The third kappa shape index (κ3) is 2.95. The molecule has 0 fully saturated rings. The third-order valence-corrected chi connectivity index (χ3v) is 1.77. The topological polar surface area (TPSA) is 74.5 Å². The van der Waals surface area contributed by atoms with Crippen molar-refractivity contribution < 1.29 is 27.6 Å². The van der Waals surface area contributed by atoms with Crippen molar-refractivity contribution in [3.05, 3.63) is 22.0 Å². The Bertz CT molecular complexity index is 447. The van der Waals surface area contributed by atoms with Crippen LogP contribution in [0.2, 0.25) is 0 Å². The Morgan fingerprint density at radius 3 is 2.47 bits per heavy atom. The van der Waals surface area contributed by atoms with Crippen molar-refractivity contribution in [3.8, 4) is 11.5 Å². The third-order valence-electron chi connectivity index (χ3n) is 1.77. The fraction of sp³-hybridized carbons (Fsp3) is 0.375. The second-order valence-electron chi connectivity index (χ2n) is 2.89. The first-order valence-corrected chi connectivity index (χ1v) is 4.20. The molecule has 0 radical (unpaired) electrons. The van der Waals surface area contributed by atoms with E-state index in [1.54, 1.807) is 0 Å². The molecule has 0 unspecified atom stereocenters. The van der Waals surface area contributed by atoms with Gasteiger partial charge < -0.3 is 9.47 Å². The molecule has 9 heteroatoms. The molecule has 0 atom stereocenters. The highest BCUT2D eigenvalue weighted by atomic mass is 19.4. The van der Waals surface area contributed by atoms with Gasteiger partial charge in [0, 0.05) is 0 Å². The number of methoxy groups -OCH3 is 1. The SMILES string of the molecule is COc1cnc(C)c(OC(F)(F)F)c1[N+](=O)[O-]. The number of nitrogens with zero attached hydrogens (tertiary/aromatic N) is 2. The normalized spacial score (nSPS) is 11.1. The van der Waals surface area contributed by atoms with Gasteiger partial charge in [0.05, 0.1) is 23.9 Å². The molecule has 0 N–H and O–H groups in total. The lowest BCUT2D eigenvalue weighted by Crippen LogP contribution is -2.19. The standard InChI is InChI=1S/C8H7F3N2O4/c1-4-7(17-8(9,10)11)6(13(14)15)5(16-2)3-12-4/h3H,1-2H3. The molecule has 1 rings (SSSR count). The van der Waals surface area contributed by atoms with Crippen molar-refractivity contribution in [2.24, 2.45) is 0 Å². The fourth-order valence-corrected chi connectivity index (χ4v) is 1.12. The van der Waals surface area contributed by atoms with Crippen molar-refractivity contribution in [2.45, 2.75) is 13.3 Å². The van der Waals surface area contributed by atoms with Crippen LogP contribution in [0.1, 0.15) is 5.69 Å². The molecule has 1 aromatic rings. The fourth-order valence-electron chi connectivity index (χ4n) is 1.12. The van der Waals surface area contributed by atoms with E-state index in [1.807, 2.05) is 0 Å². The maximum absolute atomic E-state index is 12.1. The van der Waals surface area contributed by atoms with Crippen LogP contribution in [0, 0.1) is 17.0 Å². The summed E-state index contributed by atoms with van der Waals surface area (Å²) in [7, 11) is 1.08. The summed E-state index contributed by atoms with van der Waals surface area (Å²) in [5.74, 6) is -1.37. The lowest BCUT2D eigenvalue weighted by atomic mass is 10.3. The molecule has 0 aromatic carbocycles.